The van der Waals surface area contributed by atoms with Crippen molar-refractivity contribution in [3.63, 3.8) is 0 Å². The van der Waals surface area contributed by atoms with Crippen LogP contribution in [-0.2, 0) is 19.1 Å². The summed E-state index contributed by atoms with van der Waals surface area (Å²) in [5.74, 6) is -0.566. The van der Waals surface area contributed by atoms with Gasteiger partial charge in [-0.25, -0.2) is 9.59 Å². The third-order valence-corrected chi connectivity index (χ3v) is 7.13. The van der Waals surface area contributed by atoms with Crippen LogP contribution in [0.2, 0.25) is 0 Å². The lowest BCUT2D eigenvalue weighted by Gasteiger charge is -2.25. The van der Waals surface area contributed by atoms with E-state index in [0.717, 1.165) is 23.5 Å². The molecule has 2 aliphatic rings. The number of hydrogen-bond donors (Lipinski definition) is 6. The molecule has 0 saturated carbocycles. The molecule has 204 valence electrons. The maximum absolute atomic E-state index is 12.6. The molecule has 0 radical (unpaired) electrons. The Bertz CT molecular complexity index is 821. The van der Waals surface area contributed by atoms with E-state index in [4.69, 9.17) is 16.2 Å². The van der Waals surface area contributed by atoms with Gasteiger partial charge in [0.15, 0.2) is 0 Å². The summed E-state index contributed by atoms with van der Waals surface area (Å²) >= 11 is 1.84. The molecule has 0 aliphatic carbocycles. The molecular weight excluding hydrogens is 490 g/mol. The van der Waals surface area contributed by atoms with Gasteiger partial charge in [0, 0.05) is 37.1 Å². The molecule has 0 spiro atoms. The van der Waals surface area contributed by atoms with Gasteiger partial charge in [-0.3, -0.25) is 14.4 Å². The molecule has 0 aromatic rings. The van der Waals surface area contributed by atoms with Crippen LogP contribution in [0.15, 0.2) is 0 Å². The molecule has 0 aromatic heterocycles. The quantitative estimate of drug-likeness (QED) is 0.129. The molecule has 2 aliphatic heterocycles. The number of alkyl carbamates (subject to hydrolysis) is 1. The summed E-state index contributed by atoms with van der Waals surface area (Å²) < 4.78 is 5.10. The monoisotopic (exact) mass is 529 g/mol. The highest BCUT2D eigenvalue weighted by Crippen LogP contribution is 2.33. The first-order valence-electron chi connectivity index (χ1n) is 12.1. The van der Waals surface area contributed by atoms with E-state index in [-0.39, 0.29) is 50.2 Å². The molecule has 8 N–H and O–H groups in total. The lowest BCUT2D eigenvalue weighted by Crippen LogP contribution is -2.53. The van der Waals surface area contributed by atoms with Crippen LogP contribution < -0.4 is 32.7 Å². The van der Waals surface area contributed by atoms with Gasteiger partial charge in [-0.1, -0.05) is 6.42 Å². The normalized spacial score (nSPS) is 21.6. The van der Waals surface area contributed by atoms with E-state index in [2.05, 4.69) is 21.3 Å². The first-order chi connectivity index (χ1) is 16.9. The number of nitrogens with two attached hydrogens (primary N) is 2. The van der Waals surface area contributed by atoms with Crippen LogP contribution in [0.4, 0.5) is 9.59 Å². The summed E-state index contributed by atoms with van der Waals surface area (Å²) in [4.78, 5) is 60.6. The lowest BCUT2D eigenvalue weighted by molar-refractivity contribution is -0.136. The van der Waals surface area contributed by atoms with Crippen molar-refractivity contribution in [3.8, 4) is 0 Å². The van der Waals surface area contributed by atoms with E-state index in [1.54, 1.807) is 20.8 Å². The molecule has 2 heterocycles. The maximum atomic E-state index is 12.6. The molecule has 2 fully saturated rings. The Morgan fingerprint density at radius 3 is 2.58 bits per heavy atom. The number of urea groups is 1. The zero-order chi connectivity index (χ0) is 26.9. The van der Waals surface area contributed by atoms with Gasteiger partial charge in [0.25, 0.3) is 0 Å². The number of fused-ring (bicyclic) bond motifs is 1. The molecule has 2 rings (SSSR count). The predicted molar refractivity (Wildman–Crippen MR) is 135 cm³/mol. The van der Waals surface area contributed by atoms with Gasteiger partial charge < -0.3 is 42.4 Å². The number of carbonyl (C=O) groups is 5. The summed E-state index contributed by atoms with van der Waals surface area (Å²) in [5, 5.41) is 11.4. The number of rotatable bonds is 13. The van der Waals surface area contributed by atoms with E-state index in [1.165, 1.54) is 0 Å². The number of amides is 6. The maximum Gasteiger partial charge on any atom is 0.407 e. The van der Waals surface area contributed by atoms with E-state index >= 15 is 0 Å². The number of nitrogens with one attached hydrogen (secondary N) is 4. The van der Waals surface area contributed by atoms with Gasteiger partial charge in [0.2, 0.25) is 17.7 Å². The van der Waals surface area contributed by atoms with Gasteiger partial charge in [-0.05, 0) is 33.6 Å². The van der Waals surface area contributed by atoms with Crippen LogP contribution >= 0.6 is 11.8 Å². The number of thioether (sulfide) groups is 1. The summed E-state index contributed by atoms with van der Waals surface area (Å²) in [6.45, 7) is 4.75. The van der Waals surface area contributed by atoms with E-state index in [0.29, 0.717) is 18.1 Å². The zero-order valence-corrected chi connectivity index (χ0v) is 21.9. The number of nitrogens with zero attached hydrogens (tertiary/aromatic N) is 1. The highest BCUT2D eigenvalue weighted by Gasteiger charge is 2.42. The molecule has 4 atom stereocenters. The smallest absolute Gasteiger partial charge is 0.407 e. The van der Waals surface area contributed by atoms with Crippen molar-refractivity contribution in [2.45, 2.75) is 75.4 Å². The van der Waals surface area contributed by atoms with Crippen LogP contribution in [-0.4, -0.2) is 95.7 Å². The van der Waals surface area contributed by atoms with Gasteiger partial charge in [0.1, 0.15) is 11.6 Å². The second kappa shape index (κ2) is 13.5. The number of hydrogen-bond acceptors (Lipinski definition) is 8. The molecule has 1 unspecified atom stereocenters. The highest BCUT2D eigenvalue weighted by molar-refractivity contribution is 8.00. The minimum atomic E-state index is -1.11. The SMILES string of the molecule is CC(C)(C)OC(=O)NCC(N)C(=O)N(CCNC(=O)CCCC[C@H]1SC[C@H]2NC(=O)N[C@H]21)CC(N)=O. The molecule has 6 amide bonds. The Labute approximate surface area is 215 Å². The number of ether oxygens (including phenoxy) is 1. The van der Waals surface area contributed by atoms with Crippen molar-refractivity contribution in [2.75, 3.05) is 31.9 Å². The minimum absolute atomic E-state index is 0.0438. The second-order valence-corrected chi connectivity index (χ2v) is 11.2. The fourth-order valence-corrected chi connectivity index (χ4v) is 5.52. The van der Waals surface area contributed by atoms with Crippen LogP contribution in [0, 0.1) is 0 Å². The average Bonchev–Trinajstić information content (AvgIpc) is 3.31. The summed E-state index contributed by atoms with van der Waals surface area (Å²) in [5.41, 5.74) is 10.4. The zero-order valence-electron chi connectivity index (χ0n) is 21.1. The molecular formula is C22H39N7O6S. The fourth-order valence-electron chi connectivity index (χ4n) is 3.98. The molecule has 36 heavy (non-hydrogen) atoms. The van der Waals surface area contributed by atoms with Crippen LogP contribution in [0.25, 0.3) is 0 Å². The molecule has 0 bridgehead atoms. The fraction of sp³-hybridized carbons (Fsp3) is 0.773. The lowest BCUT2D eigenvalue weighted by atomic mass is 10.0. The number of primary amides is 1. The van der Waals surface area contributed by atoms with Crippen molar-refractivity contribution in [2.24, 2.45) is 11.5 Å². The molecule has 0 aromatic carbocycles. The van der Waals surface area contributed by atoms with E-state index in [1.807, 2.05) is 11.8 Å². The van der Waals surface area contributed by atoms with Crippen molar-refractivity contribution < 1.29 is 28.7 Å². The van der Waals surface area contributed by atoms with Crippen LogP contribution in [0.1, 0.15) is 46.5 Å². The Kier molecular flexibility index (Phi) is 11.1. The van der Waals surface area contributed by atoms with E-state index in [9.17, 15) is 24.0 Å². The van der Waals surface area contributed by atoms with Crippen molar-refractivity contribution >= 4 is 41.6 Å². The Morgan fingerprint density at radius 2 is 1.92 bits per heavy atom. The summed E-state index contributed by atoms with van der Waals surface area (Å²) in [6.07, 6.45) is 2.09. The molecule has 13 nitrogen and oxygen atoms in total. The highest BCUT2D eigenvalue weighted by atomic mass is 32.2. The van der Waals surface area contributed by atoms with E-state index < -0.39 is 29.6 Å². The van der Waals surface area contributed by atoms with Crippen LogP contribution in [0.3, 0.4) is 0 Å². The Morgan fingerprint density at radius 1 is 1.19 bits per heavy atom. The van der Waals surface area contributed by atoms with Crippen LogP contribution in [0.5, 0.6) is 0 Å². The average molecular weight is 530 g/mol. The first-order valence-corrected chi connectivity index (χ1v) is 13.2. The first kappa shape index (κ1) is 29.5. The summed E-state index contributed by atoms with van der Waals surface area (Å²) in [7, 11) is 0. The van der Waals surface area contributed by atoms with Gasteiger partial charge in [-0.15, -0.1) is 0 Å². The van der Waals surface area contributed by atoms with Crippen molar-refractivity contribution in [1.29, 1.82) is 0 Å². The van der Waals surface area contributed by atoms with Gasteiger partial charge >= 0.3 is 12.1 Å². The topological polar surface area (TPSA) is 198 Å². The largest absolute Gasteiger partial charge is 0.444 e. The Hall–Kier alpha value is -2.74. The third kappa shape index (κ3) is 10.1. The Balaban J connectivity index is 1.66. The predicted octanol–water partition coefficient (Wildman–Crippen LogP) is -1.01. The standard InChI is InChI=1S/C22H39N7O6S/c1-22(2,3)35-21(34)26-10-13(23)19(32)29(11-16(24)30)9-8-25-17(31)7-5-4-6-15-18-14(12-36-15)27-20(33)28-18/h13-15,18H,4-12,23H2,1-3H3,(H2,24,30)(H,25,31)(H,26,34)(H2,27,28,33)/t13?,14-,15-,18-/m1/s1. The molecule has 14 heteroatoms. The second-order valence-electron chi connectivity index (χ2n) is 9.93. The van der Waals surface area contributed by atoms with Crippen molar-refractivity contribution in [3.05, 3.63) is 0 Å². The number of unbranched alkanes of at least 4 members (excludes halogenated alkanes) is 1. The van der Waals surface area contributed by atoms with Gasteiger partial charge in [-0.2, -0.15) is 11.8 Å². The third-order valence-electron chi connectivity index (χ3n) is 5.63. The number of carbonyl (C=O) groups excluding carboxylic acids is 5. The minimum Gasteiger partial charge on any atom is -0.444 e. The summed E-state index contributed by atoms with van der Waals surface area (Å²) in [6, 6.07) is -0.891. The molecule has 2 saturated heterocycles. The van der Waals surface area contributed by atoms with Crippen molar-refractivity contribution in [1.82, 2.24) is 26.2 Å². The van der Waals surface area contributed by atoms with Gasteiger partial charge in [0.05, 0.1) is 18.6 Å².